The van der Waals surface area contributed by atoms with Gasteiger partial charge >= 0.3 is 0 Å². The largest absolute Gasteiger partial charge is 0.361 e. The fourth-order valence-electron chi connectivity index (χ4n) is 1.11. The third-order valence-electron chi connectivity index (χ3n) is 1.70. The van der Waals surface area contributed by atoms with Crippen LogP contribution in [0.5, 0.6) is 0 Å². The van der Waals surface area contributed by atoms with Gasteiger partial charge in [0.15, 0.2) is 0 Å². The summed E-state index contributed by atoms with van der Waals surface area (Å²) in [5.41, 5.74) is 1.99. The van der Waals surface area contributed by atoms with E-state index in [1.807, 2.05) is 43.3 Å². The van der Waals surface area contributed by atoms with Crippen LogP contribution < -0.4 is 6.15 Å². The molecule has 2 rings (SSSR count). The topological polar surface area (TPSA) is 61.0 Å². The minimum atomic E-state index is 0. The van der Waals surface area contributed by atoms with Crippen LogP contribution in [0.4, 0.5) is 0 Å². The molecule has 0 aliphatic carbocycles. The molecule has 0 bridgehead atoms. The van der Waals surface area contributed by atoms with Crippen molar-refractivity contribution >= 4 is 0 Å². The second kappa shape index (κ2) is 3.87. The molecule has 13 heavy (non-hydrogen) atoms. The van der Waals surface area contributed by atoms with Crippen molar-refractivity contribution in [2.75, 3.05) is 0 Å². The van der Waals surface area contributed by atoms with Gasteiger partial charge in [0.1, 0.15) is 11.5 Å². The molecule has 0 radical (unpaired) electrons. The minimum Gasteiger partial charge on any atom is -0.361 e. The Balaban J connectivity index is 0.000000845. The van der Waals surface area contributed by atoms with Crippen LogP contribution in [0.1, 0.15) is 5.76 Å². The standard InChI is InChI=1S/C10H9NO.H3N/c1-8-7-10(11-12-8)9-5-3-2-4-6-9;/h2-7H,1H3;1H3. The first-order valence-corrected chi connectivity index (χ1v) is 3.85. The number of nitrogens with zero attached hydrogens (tertiary/aromatic N) is 1. The van der Waals surface area contributed by atoms with Gasteiger partial charge in [-0.25, -0.2) is 0 Å². The first kappa shape index (κ1) is 9.48. The predicted octanol–water partition coefficient (Wildman–Crippen LogP) is 2.81. The van der Waals surface area contributed by atoms with Gasteiger partial charge in [0, 0.05) is 11.6 Å². The first-order valence-electron chi connectivity index (χ1n) is 3.85. The molecule has 3 heteroatoms. The number of aromatic nitrogens is 1. The molecule has 68 valence electrons. The van der Waals surface area contributed by atoms with E-state index in [0.717, 1.165) is 17.0 Å². The second-order valence-electron chi connectivity index (χ2n) is 2.69. The van der Waals surface area contributed by atoms with Gasteiger partial charge in [-0.2, -0.15) is 0 Å². The van der Waals surface area contributed by atoms with Gasteiger partial charge in [-0.3, -0.25) is 0 Å². The summed E-state index contributed by atoms with van der Waals surface area (Å²) < 4.78 is 4.97. The van der Waals surface area contributed by atoms with Gasteiger partial charge in [0.25, 0.3) is 0 Å². The smallest absolute Gasteiger partial charge is 0.134 e. The number of hydrogen-bond acceptors (Lipinski definition) is 3. The van der Waals surface area contributed by atoms with Gasteiger partial charge in [-0.05, 0) is 6.92 Å². The van der Waals surface area contributed by atoms with Crippen LogP contribution in [0.25, 0.3) is 11.3 Å². The molecular formula is C10H12N2O. The van der Waals surface area contributed by atoms with Crippen molar-refractivity contribution in [2.24, 2.45) is 0 Å². The van der Waals surface area contributed by atoms with E-state index in [1.165, 1.54) is 0 Å². The summed E-state index contributed by atoms with van der Waals surface area (Å²) in [6.45, 7) is 1.89. The van der Waals surface area contributed by atoms with Crippen molar-refractivity contribution in [2.45, 2.75) is 6.92 Å². The lowest BCUT2D eigenvalue weighted by atomic mass is 10.1. The number of hydrogen-bond donors (Lipinski definition) is 1. The Labute approximate surface area is 77.0 Å². The molecule has 0 fully saturated rings. The molecule has 0 amide bonds. The van der Waals surface area contributed by atoms with Crippen LogP contribution >= 0.6 is 0 Å². The maximum atomic E-state index is 4.97. The Morgan fingerprint density at radius 1 is 1.15 bits per heavy atom. The molecule has 0 spiro atoms. The van der Waals surface area contributed by atoms with Crippen molar-refractivity contribution < 1.29 is 4.52 Å². The molecule has 0 saturated carbocycles. The summed E-state index contributed by atoms with van der Waals surface area (Å²) in [5.74, 6) is 0.842. The molecule has 0 aliphatic rings. The lowest BCUT2D eigenvalue weighted by Crippen LogP contribution is -1.73. The zero-order valence-electron chi connectivity index (χ0n) is 7.53. The number of rotatable bonds is 1. The first-order chi connectivity index (χ1) is 5.86. The second-order valence-corrected chi connectivity index (χ2v) is 2.69. The van der Waals surface area contributed by atoms with Gasteiger partial charge < -0.3 is 10.7 Å². The molecule has 2 aromatic rings. The van der Waals surface area contributed by atoms with E-state index in [2.05, 4.69) is 5.16 Å². The summed E-state index contributed by atoms with van der Waals surface area (Å²) in [7, 11) is 0. The predicted molar refractivity (Wildman–Crippen MR) is 51.7 cm³/mol. The van der Waals surface area contributed by atoms with Crippen molar-refractivity contribution in [3.8, 4) is 11.3 Å². The highest BCUT2D eigenvalue weighted by Crippen LogP contribution is 2.17. The van der Waals surface area contributed by atoms with Crippen molar-refractivity contribution in [3.05, 3.63) is 42.2 Å². The summed E-state index contributed by atoms with van der Waals surface area (Å²) in [6.07, 6.45) is 0. The normalized spacial score (nSPS) is 9.31. The fraction of sp³-hybridized carbons (Fsp3) is 0.100. The maximum absolute atomic E-state index is 4.97. The summed E-state index contributed by atoms with van der Waals surface area (Å²) >= 11 is 0. The average Bonchev–Trinajstić information content (AvgIpc) is 2.54. The highest BCUT2D eigenvalue weighted by molar-refractivity contribution is 5.58. The molecule has 0 atom stereocenters. The van der Waals surface area contributed by atoms with E-state index < -0.39 is 0 Å². The Bertz CT molecular complexity index is 367. The zero-order valence-corrected chi connectivity index (χ0v) is 7.53. The quantitative estimate of drug-likeness (QED) is 0.726. The Kier molecular flexibility index (Phi) is 2.82. The molecule has 0 aliphatic heterocycles. The van der Waals surface area contributed by atoms with E-state index in [-0.39, 0.29) is 6.15 Å². The Hall–Kier alpha value is -1.61. The monoisotopic (exact) mass is 176 g/mol. The SMILES string of the molecule is Cc1cc(-c2ccccc2)no1.N. The van der Waals surface area contributed by atoms with Gasteiger partial charge in [-0.1, -0.05) is 35.5 Å². The van der Waals surface area contributed by atoms with E-state index in [1.54, 1.807) is 0 Å². The van der Waals surface area contributed by atoms with E-state index in [4.69, 9.17) is 4.52 Å². The summed E-state index contributed by atoms with van der Waals surface area (Å²) in [5, 5.41) is 3.91. The Morgan fingerprint density at radius 3 is 2.38 bits per heavy atom. The molecule has 0 unspecified atom stereocenters. The summed E-state index contributed by atoms with van der Waals surface area (Å²) in [6, 6.07) is 11.9. The van der Waals surface area contributed by atoms with Crippen LogP contribution in [0.3, 0.4) is 0 Å². The van der Waals surface area contributed by atoms with Crippen LogP contribution in [-0.2, 0) is 0 Å². The van der Waals surface area contributed by atoms with E-state index in [0.29, 0.717) is 0 Å². The van der Waals surface area contributed by atoms with Gasteiger partial charge in [-0.15, -0.1) is 0 Å². The number of benzene rings is 1. The molecule has 0 saturated heterocycles. The fourth-order valence-corrected chi connectivity index (χ4v) is 1.11. The lowest BCUT2D eigenvalue weighted by Gasteiger charge is -1.90. The maximum Gasteiger partial charge on any atom is 0.134 e. The lowest BCUT2D eigenvalue weighted by molar-refractivity contribution is 0.399. The van der Waals surface area contributed by atoms with Crippen LogP contribution in [-0.4, -0.2) is 5.16 Å². The van der Waals surface area contributed by atoms with Crippen molar-refractivity contribution in [1.82, 2.24) is 11.3 Å². The van der Waals surface area contributed by atoms with Crippen molar-refractivity contribution in [1.29, 1.82) is 0 Å². The molecule has 3 nitrogen and oxygen atoms in total. The van der Waals surface area contributed by atoms with Crippen LogP contribution in [0.15, 0.2) is 40.9 Å². The molecule has 1 aromatic heterocycles. The van der Waals surface area contributed by atoms with Crippen LogP contribution in [0.2, 0.25) is 0 Å². The number of aryl methyl sites for hydroxylation is 1. The van der Waals surface area contributed by atoms with Gasteiger partial charge in [0.05, 0.1) is 0 Å². The highest BCUT2D eigenvalue weighted by Gasteiger charge is 2.00. The zero-order chi connectivity index (χ0) is 8.39. The molecule has 3 N–H and O–H groups in total. The third kappa shape index (κ3) is 1.95. The minimum absolute atomic E-state index is 0. The Morgan fingerprint density at radius 2 is 1.85 bits per heavy atom. The molecule has 1 aromatic carbocycles. The van der Waals surface area contributed by atoms with Crippen LogP contribution in [0, 0.1) is 6.92 Å². The highest BCUT2D eigenvalue weighted by atomic mass is 16.5. The van der Waals surface area contributed by atoms with E-state index >= 15 is 0 Å². The molecular weight excluding hydrogens is 164 g/mol. The van der Waals surface area contributed by atoms with Crippen molar-refractivity contribution in [3.63, 3.8) is 0 Å². The average molecular weight is 176 g/mol. The summed E-state index contributed by atoms with van der Waals surface area (Å²) in [4.78, 5) is 0. The molecule has 1 heterocycles. The van der Waals surface area contributed by atoms with Gasteiger partial charge in [0.2, 0.25) is 0 Å². The third-order valence-corrected chi connectivity index (χ3v) is 1.70. The van der Waals surface area contributed by atoms with E-state index in [9.17, 15) is 0 Å².